The third kappa shape index (κ3) is 6.07. The Morgan fingerprint density at radius 2 is 1.77 bits per heavy atom. The molecule has 0 radical (unpaired) electrons. The lowest BCUT2D eigenvalue weighted by Gasteiger charge is -2.58. The summed E-state index contributed by atoms with van der Waals surface area (Å²) in [7, 11) is 0. The fraction of sp³-hybridized carbons (Fsp3) is 0.658. The van der Waals surface area contributed by atoms with Crippen LogP contribution in [0.2, 0.25) is 0 Å². The number of ether oxygens (including phenoxy) is 1. The van der Waals surface area contributed by atoms with Crippen LogP contribution in [-0.2, 0) is 9.53 Å². The minimum atomic E-state index is -0.214. The van der Waals surface area contributed by atoms with E-state index in [1.54, 1.807) is 17.7 Å². The van der Waals surface area contributed by atoms with Crippen molar-refractivity contribution in [3.8, 4) is 0 Å². The molecule has 0 amide bonds. The first kappa shape index (κ1) is 29.4. The largest absolute Gasteiger partial charge is 0.459 e. The normalized spacial score (nSPS) is 36.2. The standard InChI is InChI=1S/C38H54O2/c1-27(2)12-11-13-28(3)33-20-21-34-32-19-18-30-26-31(22-24-37(30,4)35(32)23-25-38(33,34)5)40-36(39)17-10-9-16-29-14-7-6-8-15-29/h6-10,14-18,27-28,31-35H,11-13,19-26H2,1-5H3/t28-,31+,32-,33+,34+,35+,37+,38-/m1/s1. The van der Waals surface area contributed by atoms with E-state index >= 15 is 0 Å². The van der Waals surface area contributed by atoms with Gasteiger partial charge in [-0.15, -0.1) is 0 Å². The van der Waals surface area contributed by atoms with Gasteiger partial charge < -0.3 is 4.74 Å². The van der Waals surface area contributed by atoms with Gasteiger partial charge in [-0.1, -0.05) is 114 Å². The zero-order valence-electron chi connectivity index (χ0n) is 25.9. The summed E-state index contributed by atoms with van der Waals surface area (Å²) in [5, 5.41) is 0. The van der Waals surface area contributed by atoms with Crippen molar-refractivity contribution >= 4 is 12.0 Å². The molecule has 0 aliphatic heterocycles. The monoisotopic (exact) mass is 542 g/mol. The van der Waals surface area contributed by atoms with Crippen LogP contribution in [0.25, 0.3) is 6.08 Å². The molecule has 8 atom stereocenters. The van der Waals surface area contributed by atoms with Crippen LogP contribution in [0.3, 0.4) is 0 Å². The van der Waals surface area contributed by atoms with E-state index in [4.69, 9.17) is 4.74 Å². The Morgan fingerprint density at radius 1 is 0.975 bits per heavy atom. The van der Waals surface area contributed by atoms with Crippen LogP contribution in [0.5, 0.6) is 0 Å². The summed E-state index contributed by atoms with van der Waals surface area (Å²) in [6.45, 7) is 12.5. The van der Waals surface area contributed by atoms with Gasteiger partial charge in [0.1, 0.15) is 6.10 Å². The van der Waals surface area contributed by atoms with E-state index in [0.717, 1.165) is 60.3 Å². The number of hydrogen-bond donors (Lipinski definition) is 0. The van der Waals surface area contributed by atoms with Gasteiger partial charge in [0, 0.05) is 12.5 Å². The molecule has 0 N–H and O–H groups in total. The Morgan fingerprint density at radius 3 is 2.55 bits per heavy atom. The van der Waals surface area contributed by atoms with Crippen molar-refractivity contribution in [2.24, 2.45) is 46.3 Å². The van der Waals surface area contributed by atoms with Gasteiger partial charge in [0.25, 0.3) is 0 Å². The van der Waals surface area contributed by atoms with Gasteiger partial charge in [0.05, 0.1) is 0 Å². The zero-order valence-corrected chi connectivity index (χ0v) is 25.9. The van der Waals surface area contributed by atoms with Crippen molar-refractivity contribution in [2.75, 3.05) is 0 Å². The number of rotatable bonds is 9. The quantitative estimate of drug-likeness (QED) is 0.134. The highest BCUT2D eigenvalue weighted by Gasteiger charge is 2.59. The maximum Gasteiger partial charge on any atom is 0.331 e. The van der Waals surface area contributed by atoms with Crippen LogP contribution in [0, 0.1) is 46.3 Å². The van der Waals surface area contributed by atoms with Crippen molar-refractivity contribution in [3.63, 3.8) is 0 Å². The Bertz CT molecular complexity index is 1100. The van der Waals surface area contributed by atoms with Gasteiger partial charge in [0.15, 0.2) is 0 Å². The molecular formula is C38H54O2. The molecule has 0 aromatic heterocycles. The highest BCUT2D eigenvalue weighted by Crippen LogP contribution is 2.67. The van der Waals surface area contributed by atoms with Gasteiger partial charge in [-0.05, 0) is 96.8 Å². The molecule has 5 rings (SSSR count). The highest BCUT2D eigenvalue weighted by molar-refractivity contribution is 5.82. The molecule has 3 saturated carbocycles. The van der Waals surface area contributed by atoms with Crippen molar-refractivity contribution in [1.29, 1.82) is 0 Å². The van der Waals surface area contributed by atoms with Crippen molar-refractivity contribution in [2.45, 2.75) is 111 Å². The average molecular weight is 543 g/mol. The number of carbonyl (C=O) groups excluding carboxylic acids is 1. The maximum atomic E-state index is 12.6. The molecule has 40 heavy (non-hydrogen) atoms. The lowest BCUT2D eigenvalue weighted by Crippen LogP contribution is -2.51. The zero-order chi connectivity index (χ0) is 28.3. The molecule has 0 unspecified atom stereocenters. The Balaban J connectivity index is 1.18. The number of esters is 1. The second kappa shape index (κ2) is 12.4. The van der Waals surface area contributed by atoms with E-state index in [9.17, 15) is 4.79 Å². The van der Waals surface area contributed by atoms with Crippen LogP contribution in [0.4, 0.5) is 0 Å². The minimum Gasteiger partial charge on any atom is -0.459 e. The average Bonchev–Trinajstić information content (AvgIpc) is 3.29. The summed E-state index contributed by atoms with van der Waals surface area (Å²) < 4.78 is 5.95. The predicted molar refractivity (Wildman–Crippen MR) is 168 cm³/mol. The smallest absolute Gasteiger partial charge is 0.331 e. The molecule has 0 heterocycles. The molecule has 1 aromatic rings. The van der Waals surface area contributed by atoms with Gasteiger partial charge in [-0.3, -0.25) is 0 Å². The van der Waals surface area contributed by atoms with Crippen molar-refractivity contribution in [3.05, 3.63) is 65.8 Å². The van der Waals surface area contributed by atoms with E-state index in [1.807, 2.05) is 30.4 Å². The van der Waals surface area contributed by atoms with E-state index < -0.39 is 0 Å². The molecule has 0 bridgehead atoms. The van der Waals surface area contributed by atoms with E-state index in [1.165, 1.54) is 51.4 Å². The van der Waals surface area contributed by atoms with Crippen molar-refractivity contribution < 1.29 is 9.53 Å². The summed E-state index contributed by atoms with van der Waals surface area (Å²) in [6.07, 6.45) is 24.1. The summed E-state index contributed by atoms with van der Waals surface area (Å²) in [5.41, 5.74) is 3.55. The molecule has 2 heteroatoms. The van der Waals surface area contributed by atoms with Gasteiger partial charge >= 0.3 is 5.97 Å². The van der Waals surface area contributed by atoms with Crippen LogP contribution >= 0.6 is 0 Å². The lowest BCUT2D eigenvalue weighted by molar-refractivity contribution is -0.145. The number of benzene rings is 1. The maximum absolute atomic E-state index is 12.6. The summed E-state index contributed by atoms with van der Waals surface area (Å²) in [5.74, 6) is 4.93. The Labute approximate surface area is 244 Å². The van der Waals surface area contributed by atoms with E-state index in [2.05, 4.69) is 52.8 Å². The molecular weight excluding hydrogens is 488 g/mol. The van der Waals surface area contributed by atoms with Gasteiger partial charge in [-0.2, -0.15) is 0 Å². The second-order valence-corrected chi connectivity index (χ2v) is 14.7. The first-order valence-corrected chi connectivity index (χ1v) is 16.5. The summed E-state index contributed by atoms with van der Waals surface area (Å²) in [4.78, 5) is 12.6. The molecule has 0 saturated heterocycles. The molecule has 4 aliphatic rings. The predicted octanol–water partition coefficient (Wildman–Crippen LogP) is 10.2. The first-order valence-electron chi connectivity index (χ1n) is 16.5. The molecule has 0 spiro atoms. The van der Waals surface area contributed by atoms with Crippen molar-refractivity contribution in [1.82, 2.24) is 0 Å². The van der Waals surface area contributed by atoms with E-state index in [-0.39, 0.29) is 12.1 Å². The SMILES string of the molecule is CC(C)CCC[C@@H](C)[C@@H]1CC[C@H]2[C@H]3CC=C4C[C@@H](OC(=O)C=CC=Cc5ccccc5)CC[C@]4(C)[C@H]3CC[C@@]21C. The second-order valence-electron chi connectivity index (χ2n) is 14.7. The van der Waals surface area contributed by atoms with Crippen LogP contribution in [0.15, 0.2) is 60.2 Å². The van der Waals surface area contributed by atoms with Crippen LogP contribution < -0.4 is 0 Å². The number of hydrogen-bond acceptors (Lipinski definition) is 2. The molecule has 3 fully saturated rings. The Hall–Kier alpha value is -2.09. The molecule has 4 aliphatic carbocycles. The first-order chi connectivity index (χ1) is 19.2. The van der Waals surface area contributed by atoms with E-state index in [0.29, 0.717) is 10.8 Å². The molecule has 218 valence electrons. The van der Waals surface area contributed by atoms with Gasteiger partial charge in [0.2, 0.25) is 0 Å². The highest BCUT2D eigenvalue weighted by atomic mass is 16.5. The third-order valence-electron chi connectivity index (χ3n) is 12.0. The number of carbonyl (C=O) groups is 1. The topological polar surface area (TPSA) is 26.3 Å². The summed E-state index contributed by atoms with van der Waals surface area (Å²) >= 11 is 0. The minimum absolute atomic E-state index is 0.0162. The Kier molecular flexibility index (Phi) is 9.13. The van der Waals surface area contributed by atoms with Crippen LogP contribution in [0.1, 0.15) is 111 Å². The lowest BCUT2D eigenvalue weighted by atomic mass is 9.47. The molecule has 2 nitrogen and oxygen atoms in total. The third-order valence-corrected chi connectivity index (χ3v) is 12.0. The van der Waals surface area contributed by atoms with Gasteiger partial charge in [-0.25, -0.2) is 4.79 Å². The van der Waals surface area contributed by atoms with Crippen LogP contribution in [-0.4, -0.2) is 12.1 Å². The fourth-order valence-electron chi connectivity index (χ4n) is 9.82. The fourth-order valence-corrected chi connectivity index (χ4v) is 9.82. The number of allylic oxidation sites excluding steroid dienone is 3. The summed E-state index contributed by atoms with van der Waals surface area (Å²) in [6, 6.07) is 10.1. The number of fused-ring (bicyclic) bond motifs is 5. The molecule has 1 aromatic carbocycles.